The van der Waals surface area contributed by atoms with E-state index in [1.54, 1.807) is 0 Å². The summed E-state index contributed by atoms with van der Waals surface area (Å²) in [7, 11) is 0. The fourth-order valence-electron chi connectivity index (χ4n) is 7.79. The molecule has 0 heterocycles. The van der Waals surface area contributed by atoms with Gasteiger partial charge in [0.25, 0.3) is 0 Å². The summed E-state index contributed by atoms with van der Waals surface area (Å²) in [6.07, 6.45) is 17.6. The predicted octanol–water partition coefficient (Wildman–Crippen LogP) is 4.82. The van der Waals surface area contributed by atoms with E-state index < -0.39 is 5.60 Å². The van der Waals surface area contributed by atoms with E-state index in [-0.39, 0.29) is 23.5 Å². The van der Waals surface area contributed by atoms with Crippen LogP contribution in [0.3, 0.4) is 0 Å². The number of rotatable bonds is 3. The zero-order chi connectivity index (χ0) is 20.8. The molecule has 4 aliphatic rings. The van der Waals surface area contributed by atoms with E-state index in [2.05, 4.69) is 18.9 Å². The molecule has 4 nitrogen and oxygen atoms in total. The lowest BCUT2D eigenvalue weighted by Crippen LogP contribution is -2.55. The number of carbonyl (C=O) groups is 2. The number of esters is 2. The summed E-state index contributed by atoms with van der Waals surface area (Å²) in [5.74, 6) is 5.02. The Morgan fingerprint density at radius 2 is 1.90 bits per heavy atom. The molecule has 0 saturated heterocycles. The number of allylic oxidation sites excluding steroid dienone is 1. The third kappa shape index (κ3) is 3.13. The first-order valence-corrected chi connectivity index (χ1v) is 11.4. The molecule has 0 aromatic carbocycles. The molecule has 0 spiro atoms. The van der Waals surface area contributed by atoms with Crippen LogP contribution in [0, 0.1) is 41.4 Å². The van der Waals surface area contributed by atoms with Gasteiger partial charge in [0.15, 0.2) is 5.60 Å². The number of carbonyl (C=O) groups excluding carboxylic acids is 2. The molecule has 0 N–H and O–H groups in total. The Balaban J connectivity index is 1.60. The maximum Gasteiger partial charge on any atom is 0.304 e. The van der Waals surface area contributed by atoms with Gasteiger partial charge in [-0.05, 0) is 87.5 Å². The van der Waals surface area contributed by atoms with E-state index in [0.29, 0.717) is 23.7 Å². The van der Waals surface area contributed by atoms with Crippen molar-refractivity contribution in [3.8, 4) is 12.3 Å². The van der Waals surface area contributed by atoms with Crippen molar-refractivity contribution in [2.45, 2.75) is 90.3 Å². The normalized spacial score (nSPS) is 43.1. The molecule has 7 atom stereocenters. The van der Waals surface area contributed by atoms with Gasteiger partial charge in [-0.3, -0.25) is 9.59 Å². The van der Waals surface area contributed by atoms with Crippen LogP contribution in [0.25, 0.3) is 0 Å². The molecular formula is C25H34O4. The molecular weight excluding hydrogens is 364 g/mol. The van der Waals surface area contributed by atoms with Crippen molar-refractivity contribution in [2.75, 3.05) is 0 Å². The highest BCUT2D eigenvalue weighted by molar-refractivity contribution is 5.67. The summed E-state index contributed by atoms with van der Waals surface area (Å²) in [4.78, 5) is 23.3. The zero-order valence-electron chi connectivity index (χ0n) is 18.0. The fourth-order valence-corrected chi connectivity index (χ4v) is 7.79. The molecule has 0 amide bonds. The van der Waals surface area contributed by atoms with Crippen LogP contribution >= 0.6 is 0 Å². The monoisotopic (exact) mass is 398 g/mol. The largest absolute Gasteiger partial charge is 0.458 e. The van der Waals surface area contributed by atoms with Crippen molar-refractivity contribution < 1.29 is 19.1 Å². The maximum atomic E-state index is 11.9. The van der Waals surface area contributed by atoms with Crippen LogP contribution in [0.1, 0.15) is 78.6 Å². The molecule has 4 heteroatoms. The van der Waals surface area contributed by atoms with Crippen molar-refractivity contribution in [3.63, 3.8) is 0 Å². The second-order valence-electron chi connectivity index (χ2n) is 9.70. The van der Waals surface area contributed by atoms with Crippen molar-refractivity contribution in [1.29, 1.82) is 0 Å². The molecule has 4 aliphatic carbocycles. The highest BCUT2D eigenvalue weighted by Crippen LogP contribution is 2.67. The summed E-state index contributed by atoms with van der Waals surface area (Å²) in [6, 6.07) is 0. The molecule has 4 rings (SSSR count). The quantitative estimate of drug-likeness (QED) is 0.389. The van der Waals surface area contributed by atoms with E-state index in [0.717, 1.165) is 51.4 Å². The van der Waals surface area contributed by atoms with Crippen LogP contribution in [0.2, 0.25) is 0 Å². The van der Waals surface area contributed by atoms with Crippen LogP contribution in [-0.2, 0) is 19.1 Å². The van der Waals surface area contributed by atoms with Gasteiger partial charge < -0.3 is 9.47 Å². The molecule has 0 aromatic rings. The predicted molar refractivity (Wildman–Crippen MR) is 111 cm³/mol. The lowest BCUT2D eigenvalue weighted by molar-refractivity contribution is -0.170. The first kappa shape index (κ1) is 20.5. The van der Waals surface area contributed by atoms with Crippen LogP contribution < -0.4 is 0 Å². The lowest BCUT2D eigenvalue weighted by Gasteiger charge is -2.56. The number of terminal acetylenes is 1. The second kappa shape index (κ2) is 7.49. The van der Waals surface area contributed by atoms with Crippen LogP contribution in [-0.4, -0.2) is 23.6 Å². The van der Waals surface area contributed by atoms with Crippen molar-refractivity contribution in [2.24, 2.45) is 29.1 Å². The van der Waals surface area contributed by atoms with E-state index in [1.807, 2.05) is 0 Å². The SMILES string of the molecule is C#C[C@]1(OC(C)=O)CC[C@H]2[C@@H]3CCC4=C[C@@H](OC(C)=O)CC[C@@H]4[C@H]3CC[C@@]21CC. The first-order chi connectivity index (χ1) is 13.9. The minimum atomic E-state index is -0.730. The van der Waals surface area contributed by atoms with Gasteiger partial charge in [-0.1, -0.05) is 18.4 Å². The number of hydrogen-bond donors (Lipinski definition) is 0. The molecule has 0 aliphatic heterocycles. The maximum absolute atomic E-state index is 11.9. The number of hydrogen-bond acceptors (Lipinski definition) is 4. The smallest absolute Gasteiger partial charge is 0.304 e. The minimum absolute atomic E-state index is 0.0434. The van der Waals surface area contributed by atoms with Gasteiger partial charge in [0.1, 0.15) is 6.10 Å². The molecule has 0 unspecified atom stereocenters. The minimum Gasteiger partial charge on any atom is -0.458 e. The summed E-state index contributed by atoms with van der Waals surface area (Å²) < 4.78 is 11.4. The summed E-state index contributed by atoms with van der Waals surface area (Å²) in [5.41, 5.74) is 0.700. The molecule has 0 radical (unpaired) electrons. The average molecular weight is 399 g/mol. The Hall–Kier alpha value is -1.76. The molecule has 3 fully saturated rings. The number of fused-ring (bicyclic) bond motifs is 5. The topological polar surface area (TPSA) is 52.6 Å². The lowest BCUT2D eigenvalue weighted by atomic mass is 9.49. The summed E-state index contributed by atoms with van der Waals surface area (Å²) >= 11 is 0. The molecule has 3 saturated carbocycles. The summed E-state index contributed by atoms with van der Waals surface area (Å²) in [5, 5.41) is 0. The standard InChI is InChI=1S/C25H34O4/c1-5-24-13-11-21-20-10-8-19(28-16(3)26)15-18(20)7-9-22(21)23(24)12-14-25(24,6-2)29-17(4)27/h2,15,19-23H,5,7-14H2,1,3-4H3/t19-,20-,21+,22+,23-,24-,25-/m0/s1. The summed E-state index contributed by atoms with van der Waals surface area (Å²) in [6.45, 7) is 5.21. The highest BCUT2D eigenvalue weighted by atomic mass is 16.6. The zero-order valence-corrected chi connectivity index (χ0v) is 18.0. The van der Waals surface area contributed by atoms with Crippen LogP contribution in [0.15, 0.2) is 11.6 Å². The van der Waals surface area contributed by atoms with E-state index >= 15 is 0 Å². The van der Waals surface area contributed by atoms with Crippen molar-refractivity contribution in [3.05, 3.63) is 11.6 Å². The van der Waals surface area contributed by atoms with Crippen molar-refractivity contribution >= 4 is 11.9 Å². The van der Waals surface area contributed by atoms with Gasteiger partial charge in [0.05, 0.1) is 0 Å². The van der Waals surface area contributed by atoms with Gasteiger partial charge in [0.2, 0.25) is 0 Å². The van der Waals surface area contributed by atoms with Crippen LogP contribution in [0.4, 0.5) is 0 Å². The van der Waals surface area contributed by atoms with Gasteiger partial charge in [-0.25, -0.2) is 0 Å². The first-order valence-electron chi connectivity index (χ1n) is 11.4. The Morgan fingerprint density at radius 1 is 1.10 bits per heavy atom. The fraction of sp³-hybridized carbons (Fsp3) is 0.760. The Kier molecular flexibility index (Phi) is 5.30. The Bertz CT molecular complexity index is 761. The molecule has 0 bridgehead atoms. The second-order valence-corrected chi connectivity index (χ2v) is 9.70. The van der Waals surface area contributed by atoms with E-state index in [9.17, 15) is 9.59 Å². The molecule has 0 aromatic heterocycles. The van der Waals surface area contributed by atoms with Crippen molar-refractivity contribution in [1.82, 2.24) is 0 Å². The third-order valence-corrected chi connectivity index (χ3v) is 8.73. The molecule has 158 valence electrons. The van der Waals surface area contributed by atoms with Crippen LogP contribution in [0.5, 0.6) is 0 Å². The average Bonchev–Trinajstić information content (AvgIpc) is 3.01. The van der Waals surface area contributed by atoms with Gasteiger partial charge in [-0.2, -0.15) is 0 Å². The van der Waals surface area contributed by atoms with E-state index in [4.69, 9.17) is 15.9 Å². The Morgan fingerprint density at radius 3 is 2.55 bits per heavy atom. The van der Waals surface area contributed by atoms with Gasteiger partial charge in [0, 0.05) is 19.3 Å². The third-order valence-electron chi connectivity index (χ3n) is 8.73. The number of ether oxygens (including phenoxy) is 2. The molecule has 29 heavy (non-hydrogen) atoms. The Labute approximate surface area is 174 Å². The van der Waals surface area contributed by atoms with Gasteiger partial charge in [-0.15, -0.1) is 6.42 Å². The van der Waals surface area contributed by atoms with E-state index in [1.165, 1.54) is 25.8 Å². The van der Waals surface area contributed by atoms with Gasteiger partial charge >= 0.3 is 11.9 Å². The highest BCUT2D eigenvalue weighted by Gasteiger charge is 2.65.